The molecule has 1 aromatic rings. The van der Waals surface area contributed by atoms with Crippen LogP contribution in [0.4, 0.5) is 4.39 Å². The third kappa shape index (κ3) is 3.96. The Bertz CT molecular complexity index is 673. The molecule has 2 rings (SSSR count). The molecule has 0 saturated heterocycles. The molecule has 1 aliphatic heterocycles. The fourth-order valence-electron chi connectivity index (χ4n) is 3.76. The minimum Gasteiger partial charge on any atom is -0.402 e. The standard InChI is InChI=1S/C21H30FN2/c1-15-13-17(3)20(19(22)14-15)21-16(2)9-7-6-8-11-24(21,5)12-10-18(4)23/h6-7,9-10,13-14,21H,8,11-12,23H2,1-5H3/q+1/b7-6-,16-9+,18-10+. The van der Waals surface area contributed by atoms with Crippen LogP contribution in [0.2, 0.25) is 0 Å². The molecule has 3 heteroatoms. The molecule has 0 amide bonds. The minimum atomic E-state index is -0.104. The van der Waals surface area contributed by atoms with Crippen molar-refractivity contribution in [1.82, 2.24) is 0 Å². The zero-order valence-electron chi connectivity index (χ0n) is 15.6. The van der Waals surface area contributed by atoms with Gasteiger partial charge in [-0.1, -0.05) is 24.3 Å². The van der Waals surface area contributed by atoms with Gasteiger partial charge in [0.05, 0.1) is 25.7 Å². The summed E-state index contributed by atoms with van der Waals surface area (Å²) in [5, 5.41) is 0. The van der Waals surface area contributed by atoms with Gasteiger partial charge in [0.25, 0.3) is 0 Å². The molecule has 0 aliphatic carbocycles. The molecule has 0 spiro atoms. The van der Waals surface area contributed by atoms with Crippen molar-refractivity contribution in [3.8, 4) is 0 Å². The van der Waals surface area contributed by atoms with Crippen LogP contribution in [-0.4, -0.2) is 24.6 Å². The molecule has 130 valence electrons. The Morgan fingerprint density at radius 3 is 2.67 bits per heavy atom. The number of likely N-dealkylation sites (N-methyl/N-ethyl adjacent to an activating group) is 1. The van der Waals surface area contributed by atoms with E-state index in [2.05, 4.69) is 44.3 Å². The van der Waals surface area contributed by atoms with E-state index in [4.69, 9.17) is 5.73 Å². The van der Waals surface area contributed by atoms with E-state index in [1.165, 1.54) is 5.57 Å². The van der Waals surface area contributed by atoms with Gasteiger partial charge in [-0.3, -0.25) is 0 Å². The lowest BCUT2D eigenvalue weighted by atomic mass is 9.89. The van der Waals surface area contributed by atoms with Crippen LogP contribution in [-0.2, 0) is 0 Å². The van der Waals surface area contributed by atoms with E-state index in [1.807, 2.05) is 20.8 Å². The SMILES string of the molecule is C/C(N)=C\C[N+]1(C)CC/C=C\C=C(/C)C1c1c(C)cc(C)cc1F. The van der Waals surface area contributed by atoms with Crippen LogP contribution in [0, 0.1) is 19.7 Å². The van der Waals surface area contributed by atoms with Gasteiger partial charge in [0, 0.05) is 12.1 Å². The number of allylic oxidation sites excluding steroid dienone is 3. The number of nitrogens with two attached hydrogens (primary N) is 1. The molecule has 0 radical (unpaired) electrons. The zero-order chi connectivity index (χ0) is 17.9. The molecular formula is C21H30FN2+. The van der Waals surface area contributed by atoms with Gasteiger partial charge in [-0.25, -0.2) is 4.39 Å². The lowest BCUT2D eigenvalue weighted by molar-refractivity contribution is -0.928. The summed E-state index contributed by atoms with van der Waals surface area (Å²) in [5.74, 6) is -0.104. The second kappa shape index (κ2) is 7.35. The Morgan fingerprint density at radius 1 is 1.33 bits per heavy atom. The van der Waals surface area contributed by atoms with E-state index in [0.29, 0.717) is 0 Å². The molecule has 2 N–H and O–H groups in total. The maximum absolute atomic E-state index is 15.0. The highest BCUT2D eigenvalue weighted by molar-refractivity contribution is 5.38. The molecule has 2 nitrogen and oxygen atoms in total. The predicted octanol–water partition coefficient (Wildman–Crippen LogP) is 4.70. The van der Waals surface area contributed by atoms with Crippen LogP contribution in [0.15, 0.2) is 47.7 Å². The molecule has 0 fully saturated rings. The maximum atomic E-state index is 15.0. The van der Waals surface area contributed by atoms with Gasteiger partial charge in [-0.05, 0) is 56.5 Å². The number of rotatable bonds is 3. The molecule has 0 bridgehead atoms. The Hall–Kier alpha value is -1.87. The van der Waals surface area contributed by atoms with Crippen molar-refractivity contribution in [2.45, 2.75) is 40.2 Å². The van der Waals surface area contributed by atoms with E-state index < -0.39 is 0 Å². The molecule has 1 heterocycles. The number of hydrogen-bond donors (Lipinski definition) is 1. The first kappa shape index (κ1) is 18.5. The largest absolute Gasteiger partial charge is 0.402 e. The van der Waals surface area contributed by atoms with Gasteiger partial charge in [-0.2, -0.15) is 0 Å². The fraction of sp³-hybridized carbons (Fsp3) is 0.429. The van der Waals surface area contributed by atoms with Crippen LogP contribution in [0.3, 0.4) is 0 Å². The Balaban J connectivity index is 2.63. The van der Waals surface area contributed by atoms with Gasteiger partial charge in [0.15, 0.2) is 0 Å². The van der Waals surface area contributed by atoms with Crippen LogP contribution >= 0.6 is 0 Å². The van der Waals surface area contributed by atoms with Gasteiger partial charge in [-0.15, -0.1) is 0 Å². The highest BCUT2D eigenvalue weighted by Gasteiger charge is 2.37. The first-order valence-corrected chi connectivity index (χ1v) is 8.61. The average molecular weight is 329 g/mol. The van der Waals surface area contributed by atoms with Gasteiger partial charge in [0.1, 0.15) is 11.9 Å². The van der Waals surface area contributed by atoms with Gasteiger partial charge < -0.3 is 10.2 Å². The van der Waals surface area contributed by atoms with E-state index >= 15 is 0 Å². The third-order valence-corrected chi connectivity index (χ3v) is 4.94. The second-order valence-electron chi connectivity index (χ2n) is 7.34. The lowest BCUT2D eigenvalue weighted by Gasteiger charge is -2.43. The summed E-state index contributed by atoms with van der Waals surface area (Å²) in [5.41, 5.74) is 10.7. The van der Waals surface area contributed by atoms with Crippen molar-refractivity contribution < 1.29 is 8.87 Å². The topological polar surface area (TPSA) is 26.0 Å². The smallest absolute Gasteiger partial charge is 0.140 e. The Morgan fingerprint density at radius 2 is 2.04 bits per heavy atom. The third-order valence-electron chi connectivity index (χ3n) is 4.94. The molecule has 0 saturated carbocycles. The summed E-state index contributed by atoms with van der Waals surface area (Å²) in [4.78, 5) is 0. The maximum Gasteiger partial charge on any atom is 0.140 e. The monoisotopic (exact) mass is 329 g/mol. The number of hydrogen-bond acceptors (Lipinski definition) is 1. The van der Waals surface area contributed by atoms with Crippen LogP contribution in [0.25, 0.3) is 0 Å². The summed E-state index contributed by atoms with van der Waals surface area (Å²) in [6.07, 6.45) is 9.44. The Kier molecular flexibility index (Phi) is 5.66. The highest BCUT2D eigenvalue weighted by Crippen LogP contribution is 2.38. The van der Waals surface area contributed by atoms with Crippen LogP contribution < -0.4 is 5.73 Å². The molecule has 1 aliphatic rings. The normalized spacial score (nSPS) is 28.7. The number of halogens is 1. The van der Waals surface area contributed by atoms with E-state index in [0.717, 1.165) is 46.4 Å². The fourth-order valence-corrected chi connectivity index (χ4v) is 3.76. The van der Waals surface area contributed by atoms with Crippen LogP contribution in [0.1, 0.15) is 43.0 Å². The second-order valence-corrected chi connectivity index (χ2v) is 7.34. The van der Waals surface area contributed by atoms with E-state index in [9.17, 15) is 4.39 Å². The highest BCUT2D eigenvalue weighted by atomic mass is 19.1. The van der Waals surface area contributed by atoms with Crippen molar-refractivity contribution in [3.63, 3.8) is 0 Å². The minimum absolute atomic E-state index is 0.00819. The van der Waals surface area contributed by atoms with Gasteiger partial charge >= 0.3 is 0 Å². The Labute approximate surface area is 145 Å². The molecule has 24 heavy (non-hydrogen) atoms. The summed E-state index contributed by atoms with van der Waals surface area (Å²) in [7, 11) is 2.21. The van der Waals surface area contributed by atoms with Crippen molar-refractivity contribution >= 4 is 0 Å². The van der Waals surface area contributed by atoms with Crippen molar-refractivity contribution in [2.75, 3.05) is 20.1 Å². The molecule has 2 unspecified atom stereocenters. The van der Waals surface area contributed by atoms with Gasteiger partial charge in [0.2, 0.25) is 0 Å². The van der Waals surface area contributed by atoms with E-state index in [-0.39, 0.29) is 11.9 Å². The number of nitrogens with zero attached hydrogens (tertiary/aromatic N) is 1. The quantitative estimate of drug-likeness (QED) is 0.799. The molecular weight excluding hydrogens is 299 g/mol. The molecule has 0 aromatic heterocycles. The van der Waals surface area contributed by atoms with Crippen molar-refractivity contribution in [1.29, 1.82) is 0 Å². The molecule has 1 aromatic carbocycles. The van der Waals surface area contributed by atoms with Crippen LogP contribution in [0.5, 0.6) is 0 Å². The number of quaternary nitrogens is 1. The van der Waals surface area contributed by atoms with E-state index in [1.54, 1.807) is 6.07 Å². The summed E-state index contributed by atoms with van der Waals surface area (Å²) in [6.45, 7) is 9.71. The lowest BCUT2D eigenvalue weighted by Crippen LogP contribution is -2.49. The molecule has 2 atom stereocenters. The van der Waals surface area contributed by atoms with Crippen molar-refractivity contribution in [2.24, 2.45) is 5.73 Å². The summed E-state index contributed by atoms with van der Waals surface area (Å²) >= 11 is 0. The summed E-state index contributed by atoms with van der Waals surface area (Å²) in [6, 6.07) is 3.72. The first-order valence-electron chi connectivity index (χ1n) is 8.61. The predicted molar refractivity (Wildman–Crippen MR) is 100.0 cm³/mol. The number of aryl methyl sites for hydroxylation is 2. The first-order chi connectivity index (χ1) is 11.2. The number of benzene rings is 1. The average Bonchev–Trinajstić information content (AvgIpc) is 2.46. The zero-order valence-corrected chi connectivity index (χ0v) is 15.6. The summed E-state index contributed by atoms with van der Waals surface area (Å²) < 4.78 is 15.7. The van der Waals surface area contributed by atoms with Crippen molar-refractivity contribution in [3.05, 3.63) is 70.2 Å².